The number of hydrogen-bond donors (Lipinski definition) is 2. The van der Waals surface area contributed by atoms with Crippen LogP contribution in [0.5, 0.6) is 0 Å². The summed E-state index contributed by atoms with van der Waals surface area (Å²) in [6.07, 6.45) is -3.11. The number of morpholine rings is 1. The number of aryl methyl sites for hydroxylation is 1. The molecule has 2 aromatic heterocycles. The van der Waals surface area contributed by atoms with Crippen LogP contribution in [-0.2, 0) is 16.7 Å². The van der Waals surface area contributed by atoms with Crippen LogP contribution in [0, 0.1) is 6.92 Å². The first kappa shape index (κ1) is 20.1. The fraction of sp³-hybridized carbons (Fsp3) is 0.444. The number of nitrogen functional groups attached to an aromatic ring is 1. The number of nitrogens with two attached hydrogens (primary N) is 1. The molecule has 0 radical (unpaired) electrons. The van der Waals surface area contributed by atoms with Gasteiger partial charge in [0.05, 0.1) is 18.9 Å². The lowest BCUT2D eigenvalue weighted by Crippen LogP contribution is -2.53. The summed E-state index contributed by atoms with van der Waals surface area (Å²) in [6, 6.07) is 4.27. The Hall–Kier alpha value is -3.15. The lowest BCUT2D eigenvalue weighted by atomic mass is 10.2. The number of pyridine rings is 1. The van der Waals surface area contributed by atoms with E-state index in [0.717, 1.165) is 10.7 Å². The number of alkyl halides is 3. The predicted molar refractivity (Wildman–Crippen MR) is 104 cm³/mol. The highest BCUT2D eigenvalue weighted by Gasteiger charge is 2.43. The number of ether oxygens (including phenoxy) is 1. The van der Waals surface area contributed by atoms with Crippen LogP contribution in [0.25, 0.3) is 0 Å². The van der Waals surface area contributed by atoms with E-state index in [9.17, 15) is 13.2 Å². The summed E-state index contributed by atoms with van der Waals surface area (Å²) in [5.41, 5.74) is 5.52. The van der Waals surface area contributed by atoms with Gasteiger partial charge in [0, 0.05) is 31.8 Å². The molecule has 0 saturated carbocycles. The Labute approximate surface area is 170 Å². The Bertz CT molecular complexity index is 992. The van der Waals surface area contributed by atoms with E-state index in [1.165, 1.54) is 20.0 Å². The van der Waals surface area contributed by atoms with Gasteiger partial charge in [-0.15, -0.1) is 0 Å². The zero-order valence-electron chi connectivity index (χ0n) is 16.4. The maximum Gasteiger partial charge on any atom is 0.433 e. The summed E-state index contributed by atoms with van der Waals surface area (Å²) in [5.74, 6) is -0.622. The van der Waals surface area contributed by atoms with Crippen molar-refractivity contribution in [2.24, 2.45) is 9.98 Å². The summed E-state index contributed by atoms with van der Waals surface area (Å²) >= 11 is 0. The lowest BCUT2D eigenvalue weighted by Gasteiger charge is -2.36. The molecule has 2 aromatic rings. The minimum atomic E-state index is -4.61. The number of anilines is 1. The highest BCUT2D eigenvalue weighted by molar-refractivity contribution is 6.10. The zero-order valence-corrected chi connectivity index (χ0v) is 16.4. The first-order valence-corrected chi connectivity index (χ1v) is 9.31. The number of aromatic nitrogens is 3. The van der Waals surface area contributed by atoms with Crippen LogP contribution < -0.4 is 11.1 Å². The van der Waals surface area contributed by atoms with Crippen molar-refractivity contribution in [3.63, 3.8) is 0 Å². The van der Waals surface area contributed by atoms with Crippen LogP contribution >= 0.6 is 0 Å². The minimum Gasteiger partial charge on any atom is -0.384 e. The number of hydrogen-bond acceptors (Lipinski definition) is 8. The molecule has 30 heavy (non-hydrogen) atoms. The normalized spacial score (nSPS) is 22.4. The molecule has 4 rings (SSSR count). The van der Waals surface area contributed by atoms with E-state index in [2.05, 4.69) is 25.4 Å². The van der Waals surface area contributed by atoms with Gasteiger partial charge in [-0.2, -0.15) is 18.3 Å². The summed E-state index contributed by atoms with van der Waals surface area (Å²) < 4.78 is 47.2. The van der Waals surface area contributed by atoms with E-state index < -0.39 is 17.7 Å². The Morgan fingerprint density at radius 2 is 1.93 bits per heavy atom. The highest BCUT2D eigenvalue weighted by atomic mass is 19.4. The smallest absolute Gasteiger partial charge is 0.384 e. The second kappa shape index (κ2) is 7.27. The Morgan fingerprint density at radius 3 is 2.57 bits per heavy atom. The zero-order chi connectivity index (χ0) is 21.5. The fourth-order valence-electron chi connectivity index (χ4n) is 3.33. The first-order valence-electron chi connectivity index (χ1n) is 9.31. The van der Waals surface area contributed by atoms with Gasteiger partial charge in [0.2, 0.25) is 11.7 Å². The monoisotopic (exact) mass is 422 g/mol. The van der Waals surface area contributed by atoms with Crippen molar-refractivity contribution in [1.82, 2.24) is 25.0 Å². The molecule has 1 saturated heterocycles. The van der Waals surface area contributed by atoms with E-state index in [1.54, 1.807) is 12.1 Å². The van der Waals surface area contributed by atoms with Gasteiger partial charge in [-0.05, 0) is 25.1 Å². The van der Waals surface area contributed by atoms with E-state index >= 15 is 0 Å². The van der Waals surface area contributed by atoms with E-state index in [1.807, 2.05) is 4.90 Å². The Balaban J connectivity index is 1.84. The van der Waals surface area contributed by atoms with Crippen molar-refractivity contribution in [2.75, 3.05) is 32.0 Å². The third-order valence-electron chi connectivity index (χ3n) is 4.77. The number of rotatable bonds is 2. The molecule has 0 aromatic carbocycles. The molecule has 1 unspecified atom stereocenters. The molecule has 9 nitrogen and oxygen atoms in total. The maximum absolute atomic E-state index is 13.7. The van der Waals surface area contributed by atoms with Gasteiger partial charge in [-0.1, -0.05) is 0 Å². The van der Waals surface area contributed by atoms with Gasteiger partial charge in [-0.25, -0.2) is 19.7 Å². The van der Waals surface area contributed by atoms with Crippen LogP contribution in [0.15, 0.2) is 34.4 Å². The number of amidine groups is 1. The lowest BCUT2D eigenvalue weighted by molar-refractivity contribution is -0.146. The Kier molecular flexibility index (Phi) is 4.88. The van der Waals surface area contributed by atoms with Gasteiger partial charge >= 0.3 is 6.18 Å². The average Bonchev–Trinajstić information content (AvgIpc) is 3.12. The molecule has 0 aliphatic carbocycles. The third kappa shape index (κ3) is 3.82. The van der Waals surface area contributed by atoms with Gasteiger partial charge in [-0.3, -0.25) is 0 Å². The van der Waals surface area contributed by atoms with E-state index in [0.29, 0.717) is 49.5 Å². The number of nitrogens with zero attached hydrogens (tertiary/aromatic N) is 6. The van der Waals surface area contributed by atoms with Gasteiger partial charge < -0.3 is 20.7 Å². The van der Waals surface area contributed by atoms with Crippen molar-refractivity contribution >= 4 is 17.6 Å². The molecule has 160 valence electrons. The molecule has 1 atom stereocenters. The van der Waals surface area contributed by atoms with Crippen molar-refractivity contribution < 1.29 is 17.9 Å². The molecule has 2 aliphatic rings. The van der Waals surface area contributed by atoms with Crippen molar-refractivity contribution in [3.05, 3.63) is 41.3 Å². The van der Waals surface area contributed by atoms with Crippen LogP contribution in [-0.4, -0.2) is 57.8 Å². The number of aliphatic imine (C=N–C) groups is 2. The summed E-state index contributed by atoms with van der Waals surface area (Å²) in [6.45, 7) is 5.04. The van der Waals surface area contributed by atoms with Gasteiger partial charge in [0.15, 0.2) is 0 Å². The molecule has 3 N–H and O–H groups in total. The van der Waals surface area contributed by atoms with Crippen LogP contribution in [0.1, 0.15) is 23.9 Å². The first-order chi connectivity index (χ1) is 14.2. The fourth-order valence-corrected chi connectivity index (χ4v) is 3.33. The standard InChI is InChI=1S/C18H21F3N8O/c1-11-9-13(18(19,20)21)29(27-11)17(2)25-15(12-3-4-14(22)23-10-12)24-16(26-17)28-5-7-30-8-6-28/h3-4,9-10H,5-8H2,1-2H3,(H2,22,23)(H,24,25,26). The predicted octanol–water partition coefficient (Wildman–Crippen LogP) is 1.56. The van der Waals surface area contributed by atoms with Crippen molar-refractivity contribution in [3.8, 4) is 0 Å². The van der Waals surface area contributed by atoms with Crippen LogP contribution in [0.4, 0.5) is 19.0 Å². The average molecular weight is 422 g/mol. The quantitative estimate of drug-likeness (QED) is 0.761. The second-order valence-electron chi connectivity index (χ2n) is 7.14. The van der Waals surface area contributed by atoms with Crippen molar-refractivity contribution in [1.29, 1.82) is 0 Å². The summed E-state index contributed by atoms with van der Waals surface area (Å²) in [7, 11) is 0. The van der Waals surface area contributed by atoms with Gasteiger partial charge in [0.1, 0.15) is 17.3 Å². The molecule has 0 amide bonds. The number of nitrogens with one attached hydrogen (secondary N) is 1. The van der Waals surface area contributed by atoms with E-state index in [-0.39, 0.29) is 5.69 Å². The maximum atomic E-state index is 13.7. The molecular weight excluding hydrogens is 401 g/mol. The second-order valence-corrected chi connectivity index (χ2v) is 7.14. The largest absolute Gasteiger partial charge is 0.433 e. The molecule has 0 bridgehead atoms. The molecule has 0 spiro atoms. The Morgan fingerprint density at radius 1 is 1.20 bits per heavy atom. The van der Waals surface area contributed by atoms with Crippen LogP contribution in [0.3, 0.4) is 0 Å². The topological polar surface area (TPSA) is 106 Å². The van der Waals surface area contributed by atoms with E-state index in [4.69, 9.17) is 10.5 Å². The molecule has 4 heterocycles. The minimum absolute atomic E-state index is 0.219. The molecule has 2 aliphatic heterocycles. The molecular formula is C18H21F3N8O. The molecule has 1 fully saturated rings. The number of halogens is 3. The van der Waals surface area contributed by atoms with Gasteiger partial charge in [0.25, 0.3) is 0 Å². The molecule has 12 heteroatoms. The summed E-state index contributed by atoms with van der Waals surface area (Å²) in [4.78, 5) is 15.0. The third-order valence-corrected chi connectivity index (χ3v) is 4.77. The van der Waals surface area contributed by atoms with Crippen LogP contribution in [0.2, 0.25) is 0 Å². The van der Waals surface area contributed by atoms with Crippen molar-refractivity contribution in [2.45, 2.75) is 25.8 Å². The number of guanidine groups is 1. The SMILES string of the molecule is Cc1cc(C(F)(F)F)n(C2(C)N=C(c3ccc(N)nc3)NC(N3CCOCC3)=N2)n1. The highest BCUT2D eigenvalue weighted by Crippen LogP contribution is 2.35. The summed E-state index contributed by atoms with van der Waals surface area (Å²) in [5, 5.41) is 7.19.